The molecule has 29 heavy (non-hydrogen) atoms. The van der Waals surface area contributed by atoms with Gasteiger partial charge in [0.2, 0.25) is 5.75 Å². The molecule has 0 unspecified atom stereocenters. The number of phenols is 1. The van der Waals surface area contributed by atoms with Crippen molar-refractivity contribution in [2.45, 2.75) is 6.54 Å². The van der Waals surface area contributed by atoms with Crippen molar-refractivity contribution in [3.8, 4) is 5.75 Å². The molecule has 2 amide bonds. The largest absolute Gasteiger partial charge is 0.502 e. The highest BCUT2D eigenvalue weighted by molar-refractivity contribution is 9.10. The van der Waals surface area contributed by atoms with Crippen molar-refractivity contribution in [1.29, 1.82) is 0 Å². The van der Waals surface area contributed by atoms with Crippen LogP contribution < -0.4 is 0 Å². The van der Waals surface area contributed by atoms with Crippen LogP contribution in [0.15, 0.2) is 45.8 Å². The number of hydrogen-bond donors (Lipinski definition) is 1. The Labute approximate surface area is 175 Å². The number of thioether (sulfide) groups is 1. The first-order valence-corrected chi connectivity index (χ1v) is 9.44. The molecular weight excluding hydrogens is 470 g/mol. The first-order valence-electron chi connectivity index (χ1n) is 7.83. The molecule has 10 nitrogen and oxygen atoms in total. The van der Waals surface area contributed by atoms with Crippen LogP contribution in [0.5, 0.6) is 5.75 Å². The smallest absolute Gasteiger partial charge is 0.312 e. The van der Waals surface area contributed by atoms with Crippen molar-refractivity contribution in [3.05, 3.63) is 77.1 Å². The monoisotopic (exact) mass is 479 g/mol. The van der Waals surface area contributed by atoms with Gasteiger partial charge in [0.1, 0.15) is 0 Å². The molecule has 1 heterocycles. The van der Waals surface area contributed by atoms with Crippen molar-refractivity contribution in [3.63, 3.8) is 0 Å². The minimum Gasteiger partial charge on any atom is -0.502 e. The van der Waals surface area contributed by atoms with Gasteiger partial charge in [0.15, 0.2) is 0 Å². The number of amides is 2. The average molecular weight is 480 g/mol. The third-order valence-electron chi connectivity index (χ3n) is 3.96. The van der Waals surface area contributed by atoms with Crippen LogP contribution in [0.1, 0.15) is 11.1 Å². The minimum atomic E-state index is -0.780. The third-order valence-corrected chi connectivity index (χ3v) is 5.32. The zero-order valence-corrected chi connectivity index (χ0v) is 16.7. The van der Waals surface area contributed by atoms with E-state index >= 15 is 0 Å². The summed E-state index contributed by atoms with van der Waals surface area (Å²) in [4.78, 5) is 46.5. The predicted molar refractivity (Wildman–Crippen MR) is 107 cm³/mol. The Hall–Kier alpha value is -3.25. The molecule has 2 aromatic rings. The molecule has 0 bridgehead atoms. The van der Waals surface area contributed by atoms with E-state index in [1.54, 1.807) is 6.07 Å². The van der Waals surface area contributed by atoms with Gasteiger partial charge in [0.05, 0.1) is 21.3 Å². The lowest BCUT2D eigenvalue weighted by Crippen LogP contribution is -2.27. The summed E-state index contributed by atoms with van der Waals surface area (Å²) in [5.41, 5.74) is -0.634. The Morgan fingerprint density at radius 1 is 1.10 bits per heavy atom. The van der Waals surface area contributed by atoms with E-state index in [-0.39, 0.29) is 28.3 Å². The number of nitro benzene ring substituents is 2. The number of imide groups is 1. The van der Waals surface area contributed by atoms with Crippen LogP contribution in [-0.2, 0) is 11.3 Å². The van der Waals surface area contributed by atoms with Crippen molar-refractivity contribution in [1.82, 2.24) is 4.90 Å². The second-order valence-electron chi connectivity index (χ2n) is 5.77. The normalized spacial score (nSPS) is 15.2. The molecule has 3 rings (SSSR count). The number of hydrogen-bond acceptors (Lipinski definition) is 8. The van der Waals surface area contributed by atoms with Crippen molar-refractivity contribution in [2.75, 3.05) is 0 Å². The van der Waals surface area contributed by atoms with Crippen molar-refractivity contribution in [2.24, 2.45) is 0 Å². The maximum absolute atomic E-state index is 12.6. The quantitative estimate of drug-likeness (QED) is 0.381. The molecular formula is C17H10BrN3O7S. The van der Waals surface area contributed by atoms with Crippen LogP contribution in [0.25, 0.3) is 6.08 Å². The van der Waals surface area contributed by atoms with E-state index in [0.29, 0.717) is 16.2 Å². The maximum atomic E-state index is 12.6. The van der Waals surface area contributed by atoms with E-state index in [4.69, 9.17) is 0 Å². The Bertz CT molecular complexity index is 1100. The van der Waals surface area contributed by atoms with Gasteiger partial charge >= 0.3 is 5.69 Å². The Morgan fingerprint density at radius 2 is 1.76 bits per heavy atom. The Morgan fingerprint density at radius 3 is 2.41 bits per heavy atom. The molecule has 1 saturated heterocycles. The third kappa shape index (κ3) is 4.12. The molecule has 0 saturated carbocycles. The number of carbonyl (C=O) groups excluding carboxylic acids is 2. The van der Waals surface area contributed by atoms with Crippen LogP contribution in [0.3, 0.4) is 0 Å². The first-order chi connectivity index (χ1) is 13.7. The van der Waals surface area contributed by atoms with Crippen LogP contribution in [-0.4, -0.2) is 31.0 Å². The van der Waals surface area contributed by atoms with Gasteiger partial charge in [-0.2, -0.15) is 0 Å². The van der Waals surface area contributed by atoms with Gasteiger partial charge in [0.25, 0.3) is 16.8 Å². The molecule has 1 N–H and O–H groups in total. The van der Waals surface area contributed by atoms with Crippen molar-refractivity contribution < 1.29 is 24.5 Å². The van der Waals surface area contributed by atoms with Gasteiger partial charge in [-0.05, 0) is 23.9 Å². The standard InChI is InChI=1S/C17H10BrN3O7S/c18-11-5-10(15(22)13(7-11)21(27)28)6-14-16(23)19(17(24)29-14)8-9-3-1-2-4-12(9)20(25)26/h1-7,22H,8H2/b14-6-. The highest BCUT2D eigenvalue weighted by Crippen LogP contribution is 2.39. The molecule has 0 atom stereocenters. The lowest BCUT2D eigenvalue weighted by atomic mass is 10.1. The summed E-state index contributed by atoms with van der Waals surface area (Å²) in [5.74, 6) is -1.37. The summed E-state index contributed by atoms with van der Waals surface area (Å²) < 4.78 is 0.299. The van der Waals surface area contributed by atoms with Crippen LogP contribution in [0.2, 0.25) is 0 Å². The van der Waals surface area contributed by atoms with E-state index in [2.05, 4.69) is 15.9 Å². The molecule has 1 aliphatic heterocycles. The fourth-order valence-corrected chi connectivity index (χ4v) is 3.92. The fourth-order valence-electron chi connectivity index (χ4n) is 2.63. The molecule has 12 heteroatoms. The highest BCUT2D eigenvalue weighted by Gasteiger charge is 2.36. The van der Waals surface area contributed by atoms with E-state index in [1.807, 2.05) is 0 Å². The molecule has 1 aliphatic rings. The van der Waals surface area contributed by atoms with Crippen LogP contribution >= 0.6 is 27.7 Å². The van der Waals surface area contributed by atoms with E-state index in [1.165, 1.54) is 24.3 Å². The zero-order valence-electron chi connectivity index (χ0n) is 14.3. The SMILES string of the molecule is O=C1S/C(=C\c2cc(Br)cc([N+](=O)[O-])c2O)C(=O)N1Cc1ccccc1[N+](=O)[O-]. The van der Waals surface area contributed by atoms with Gasteiger partial charge < -0.3 is 5.11 Å². The lowest BCUT2D eigenvalue weighted by Gasteiger charge is -2.12. The summed E-state index contributed by atoms with van der Waals surface area (Å²) in [5, 5.41) is 31.6. The summed E-state index contributed by atoms with van der Waals surface area (Å²) in [7, 11) is 0. The molecule has 1 fully saturated rings. The number of benzene rings is 2. The molecule has 0 radical (unpaired) electrons. The molecule has 0 aromatic heterocycles. The molecule has 148 valence electrons. The van der Waals surface area contributed by atoms with Gasteiger partial charge in [-0.1, -0.05) is 34.1 Å². The summed E-state index contributed by atoms with van der Waals surface area (Å²) in [6.45, 7) is -0.302. The summed E-state index contributed by atoms with van der Waals surface area (Å²) in [6, 6.07) is 8.19. The number of halogens is 1. The number of carbonyl (C=O) groups is 2. The number of aromatic hydroxyl groups is 1. The molecule has 2 aromatic carbocycles. The van der Waals surface area contributed by atoms with E-state index < -0.39 is 32.4 Å². The Balaban J connectivity index is 1.94. The fraction of sp³-hybridized carbons (Fsp3) is 0.0588. The van der Waals surface area contributed by atoms with Crippen molar-refractivity contribution >= 4 is 56.3 Å². The van der Waals surface area contributed by atoms with Crippen LogP contribution in [0, 0.1) is 20.2 Å². The number of para-hydroxylation sites is 1. The molecule has 0 spiro atoms. The summed E-state index contributed by atoms with van der Waals surface area (Å²) in [6.07, 6.45) is 1.16. The zero-order chi connectivity index (χ0) is 21.3. The van der Waals surface area contributed by atoms with E-state index in [9.17, 15) is 34.9 Å². The summed E-state index contributed by atoms with van der Waals surface area (Å²) >= 11 is 3.66. The number of nitrogens with zero attached hydrogens (tertiary/aromatic N) is 3. The Kier molecular flexibility index (Phi) is 5.66. The minimum absolute atomic E-state index is 0.0257. The number of phenolic OH excluding ortho intramolecular Hbond substituents is 1. The lowest BCUT2D eigenvalue weighted by molar-refractivity contribution is -0.386. The topological polar surface area (TPSA) is 144 Å². The van der Waals surface area contributed by atoms with Gasteiger partial charge in [-0.15, -0.1) is 0 Å². The number of nitro groups is 2. The molecule has 0 aliphatic carbocycles. The highest BCUT2D eigenvalue weighted by atomic mass is 79.9. The van der Waals surface area contributed by atoms with Gasteiger partial charge in [-0.25, -0.2) is 0 Å². The second kappa shape index (κ2) is 8.01. The maximum Gasteiger partial charge on any atom is 0.312 e. The number of rotatable bonds is 5. The van der Waals surface area contributed by atoms with Gasteiger partial charge in [0, 0.05) is 27.7 Å². The van der Waals surface area contributed by atoms with Gasteiger partial charge in [-0.3, -0.25) is 34.7 Å². The first kappa shape index (κ1) is 20.5. The van der Waals surface area contributed by atoms with E-state index in [0.717, 1.165) is 17.0 Å². The average Bonchev–Trinajstić information content (AvgIpc) is 2.92. The van der Waals surface area contributed by atoms with Crippen LogP contribution in [0.4, 0.5) is 16.2 Å². The predicted octanol–water partition coefficient (Wildman–Crippen LogP) is 4.21. The second-order valence-corrected chi connectivity index (χ2v) is 7.68.